The highest BCUT2D eigenvalue weighted by Gasteiger charge is 2.15. The number of hydrogen-bond donors (Lipinski definition) is 2. The Morgan fingerprint density at radius 1 is 1.50 bits per heavy atom. The summed E-state index contributed by atoms with van der Waals surface area (Å²) in [5.74, 6) is 5.60. The van der Waals surface area contributed by atoms with E-state index in [2.05, 4.69) is 0 Å². The number of hydrogen-bond acceptors (Lipinski definition) is 4. The Kier molecular flexibility index (Phi) is 4.25. The Labute approximate surface area is 95.2 Å². The Hall–Kier alpha value is -1.15. The monoisotopic (exact) mass is 245 g/mol. The van der Waals surface area contributed by atoms with Crippen molar-refractivity contribution in [2.75, 3.05) is 14.2 Å². The molecule has 0 aromatic heterocycles. The summed E-state index contributed by atoms with van der Waals surface area (Å²) in [6.45, 7) is 0.226. The summed E-state index contributed by atoms with van der Waals surface area (Å²) in [7, 11) is -0.600. The van der Waals surface area contributed by atoms with Gasteiger partial charge in [0.2, 0.25) is 0 Å². The Balaban J connectivity index is 2.81. The lowest BCUT2D eigenvalue weighted by atomic mass is 10.2. The molecule has 0 spiro atoms. The summed E-state index contributed by atoms with van der Waals surface area (Å²) in [6, 6.07) is 7.16. The molecule has 0 aliphatic heterocycles. The van der Waals surface area contributed by atoms with E-state index in [9.17, 15) is 8.42 Å². The number of hydrazine groups is 1. The summed E-state index contributed by atoms with van der Waals surface area (Å²) in [6.07, 6.45) is 0. The molecule has 1 aromatic carbocycles. The number of nitrogens with zero attached hydrogens (tertiary/aromatic N) is 1. The molecule has 16 heavy (non-hydrogen) atoms. The van der Waals surface area contributed by atoms with Gasteiger partial charge in [0.25, 0.3) is 10.2 Å². The van der Waals surface area contributed by atoms with Crippen LogP contribution < -0.4 is 15.4 Å². The topological polar surface area (TPSA) is 84.7 Å². The van der Waals surface area contributed by atoms with E-state index in [0.717, 1.165) is 9.87 Å². The molecule has 0 bridgehead atoms. The van der Waals surface area contributed by atoms with Crippen LogP contribution in [0.1, 0.15) is 5.56 Å². The van der Waals surface area contributed by atoms with Crippen LogP contribution in [0.3, 0.4) is 0 Å². The summed E-state index contributed by atoms with van der Waals surface area (Å²) in [5, 5.41) is 0. The molecule has 0 aliphatic rings. The van der Waals surface area contributed by atoms with Crippen molar-refractivity contribution in [2.45, 2.75) is 6.54 Å². The van der Waals surface area contributed by atoms with Crippen LogP contribution in [0.2, 0.25) is 0 Å². The van der Waals surface area contributed by atoms with Crippen LogP contribution >= 0.6 is 0 Å². The molecule has 6 nitrogen and oxygen atoms in total. The van der Waals surface area contributed by atoms with Crippen LogP contribution in [-0.2, 0) is 16.8 Å². The SMILES string of the molecule is COc1cccc(CN(C)S(=O)(=O)NN)c1. The van der Waals surface area contributed by atoms with E-state index in [1.54, 1.807) is 30.1 Å². The van der Waals surface area contributed by atoms with Crippen LogP contribution in [0, 0.1) is 0 Å². The molecule has 0 amide bonds. The second-order valence-corrected chi connectivity index (χ2v) is 5.04. The zero-order valence-corrected chi connectivity index (χ0v) is 9.99. The molecule has 7 heteroatoms. The summed E-state index contributed by atoms with van der Waals surface area (Å²) < 4.78 is 28.8. The number of rotatable bonds is 5. The maximum Gasteiger partial charge on any atom is 0.292 e. The molecule has 1 aromatic rings. The van der Waals surface area contributed by atoms with Crippen molar-refractivity contribution in [3.8, 4) is 5.75 Å². The second kappa shape index (κ2) is 5.26. The van der Waals surface area contributed by atoms with Crippen molar-refractivity contribution >= 4 is 10.2 Å². The fourth-order valence-corrected chi connectivity index (χ4v) is 1.70. The van der Waals surface area contributed by atoms with Gasteiger partial charge in [-0.1, -0.05) is 12.1 Å². The van der Waals surface area contributed by atoms with E-state index in [4.69, 9.17) is 10.6 Å². The van der Waals surface area contributed by atoms with Gasteiger partial charge in [-0.3, -0.25) is 5.84 Å². The minimum Gasteiger partial charge on any atom is -0.497 e. The summed E-state index contributed by atoms with van der Waals surface area (Å²) >= 11 is 0. The average molecular weight is 245 g/mol. The third kappa shape index (κ3) is 3.17. The first-order chi connectivity index (χ1) is 7.49. The summed E-state index contributed by atoms with van der Waals surface area (Å²) in [5.41, 5.74) is 0.820. The minimum atomic E-state index is -3.60. The molecular weight excluding hydrogens is 230 g/mol. The van der Waals surface area contributed by atoms with Gasteiger partial charge in [-0.25, -0.2) is 0 Å². The maximum atomic E-state index is 11.3. The smallest absolute Gasteiger partial charge is 0.292 e. The second-order valence-electron chi connectivity index (χ2n) is 3.23. The number of benzene rings is 1. The van der Waals surface area contributed by atoms with Gasteiger partial charge in [0.05, 0.1) is 7.11 Å². The van der Waals surface area contributed by atoms with E-state index in [0.29, 0.717) is 5.75 Å². The van der Waals surface area contributed by atoms with E-state index < -0.39 is 10.2 Å². The molecule has 0 radical (unpaired) electrons. The minimum absolute atomic E-state index is 0.226. The van der Waals surface area contributed by atoms with E-state index in [1.807, 2.05) is 6.07 Å². The van der Waals surface area contributed by atoms with E-state index in [1.165, 1.54) is 7.05 Å². The highest BCUT2D eigenvalue weighted by Crippen LogP contribution is 2.14. The quantitative estimate of drug-likeness (QED) is 0.557. The largest absolute Gasteiger partial charge is 0.497 e. The molecule has 3 N–H and O–H groups in total. The third-order valence-corrected chi connectivity index (χ3v) is 3.35. The zero-order valence-electron chi connectivity index (χ0n) is 9.17. The first-order valence-corrected chi connectivity index (χ1v) is 6.00. The van der Waals surface area contributed by atoms with Crippen molar-refractivity contribution in [1.82, 2.24) is 9.14 Å². The van der Waals surface area contributed by atoms with E-state index >= 15 is 0 Å². The lowest BCUT2D eigenvalue weighted by molar-refractivity contribution is 0.412. The Morgan fingerprint density at radius 3 is 2.75 bits per heavy atom. The number of ether oxygens (including phenoxy) is 1. The molecule has 0 atom stereocenters. The molecule has 1 rings (SSSR count). The van der Waals surface area contributed by atoms with Gasteiger partial charge in [0.15, 0.2) is 0 Å². The molecular formula is C9H15N3O3S. The lowest BCUT2D eigenvalue weighted by Crippen LogP contribution is -2.41. The molecule has 0 saturated carbocycles. The molecule has 90 valence electrons. The first-order valence-electron chi connectivity index (χ1n) is 4.56. The first kappa shape index (κ1) is 12.9. The average Bonchev–Trinajstić information content (AvgIpc) is 2.29. The Bertz CT molecular complexity index is 447. The molecule has 0 saturated heterocycles. The van der Waals surface area contributed by atoms with Gasteiger partial charge in [0.1, 0.15) is 5.75 Å². The lowest BCUT2D eigenvalue weighted by Gasteiger charge is -2.16. The Morgan fingerprint density at radius 2 is 2.19 bits per heavy atom. The van der Waals surface area contributed by atoms with Crippen LogP contribution in [0.15, 0.2) is 24.3 Å². The predicted molar refractivity (Wildman–Crippen MR) is 60.7 cm³/mol. The highest BCUT2D eigenvalue weighted by molar-refractivity contribution is 7.87. The number of nitrogens with two attached hydrogens (primary N) is 1. The van der Waals surface area contributed by atoms with Gasteiger partial charge < -0.3 is 4.74 Å². The van der Waals surface area contributed by atoms with Crippen molar-refractivity contribution in [3.63, 3.8) is 0 Å². The predicted octanol–water partition coefficient (Wildman–Crippen LogP) is -0.165. The molecule has 0 aliphatic carbocycles. The maximum absolute atomic E-state index is 11.3. The third-order valence-electron chi connectivity index (χ3n) is 2.10. The number of methoxy groups -OCH3 is 1. The van der Waals surface area contributed by atoms with Gasteiger partial charge in [-0.15, -0.1) is 4.83 Å². The summed E-state index contributed by atoms with van der Waals surface area (Å²) in [4.78, 5) is 1.76. The fourth-order valence-electron chi connectivity index (χ4n) is 1.20. The molecule has 0 unspecified atom stereocenters. The normalized spacial score (nSPS) is 11.8. The van der Waals surface area contributed by atoms with Gasteiger partial charge in [0, 0.05) is 13.6 Å². The van der Waals surface area contributed by atoms with Crippen molar-refractivity contribution < 1.29 is 13.2 Å². The molecule has 0 fully saturated rings. The zero-order chi connectivity index (χ0) is 12.2. The van der Waals surface area contributed by atoms with Crippen LogP contribution in [0.4, 0.5) is 0 Å². The van der Waals surface area contributed by atoms with Crippen LogP contribution in [-0.4, -0.2) is 26.9 Å². The van der Waals surface area contributed by atoms with Gasteiger partial charge in [-0.2, -0.15) is 12.7 Å². The number of nitrogens with one attached hydrogen (secondary N) is 1. The van der Waals surface area contributed by atoms with Gasteiger partial charge in [-0.05, 0) is 17.7 Å². The molecule has 0 heterocycles. The standard InChI is InChI=1S/C9H15N3O3S/c1-12(16(13,14)11-10)7-8-4-3-5-9(6-8)15-2/h3-6,11H,7,10H2,1-2H3. The fraction of sp³-hybridized carbons (Fsp3) is 0.333. The van der Waals surface area contributed by atoms with Crippen LogP contribution in [0.25, 0.3) is 0 Å². The van der Waals surface area contributed by atoms with E-state index in [-0.39, 0.29) is 6.54 Å². The van der Waals surface area contributed by atoms with Crippen LogP contribution in [0.5, 0.6) is 5.75 Å². The van der Waals surface area contributed by atoms with Crippen molar-refractivity contribution in [3.05, 3.63) is 29.8 Å². The van der Waals surface area contributed by atoms with Crippen molar-refractivity contribution in [1.29, 1.82) is 0 Å². The van der Waals surface area contributed by atoms with Crippen molar-refractivity contribution in [2.24, 2.45) is 5.84 Å². The highest BCUT2D eigenvalue weighted by atomic mass is 32.2. The van der Waals surface area contributed by atoms with Gasteiger partial charge >= 0.3 is 0 Å².